The van der Waals surface area contributed by atoms with E-state index in [1.807, 2.05) is 0 Å². The van der Waals surface area contributed by atoms with E-state index in [1.54, 1.807) is 0 Å². The maximum atomic E-state index is 13.1. The van der Waals surface area contributed by atoms with E-state index in [9.17, 15) is 23.9 Å². The number of nitrogens with one attached hydrogen (secondary N) is 1. The maximum Gasteiger partial charge on any atom is 0.349 e. The number of ketones is 1. The van der Waals surface area contributed by atoms with E-state index in [0.717, 1.165) is 23.0 Å². The Kier molecular flexibility index (Phi) is 5.99. The van der Waals surface area contributed by atoms with Crippen molar-refractivity contribution in [3.63, 3.8) is 0 Å². The predicted molar refractivity (Wildman–Crippen MR) is 118 cm³/mol. The van der Waals surface area contributed by atoms with Crippen molar-refractivity contribution < 1.29 is 19.0 Å². The van der Waals surface area contributed by atoms with Crippen LogP contribution in [0.5, 0.6) is 17.2 Å². The van der Waals surface area contributed by atoms with Gasteiger partial charge in [0.15, 0.2) is 11.5 Å². The number of benzene rings is 3. The van der Waals surface area contributed by atoms with Gasteiger partial charge in [0.2, 0.25) is 0 Å². The molecule has 1 aromatic heterocycles. The molecule has 4 aromatic rings. The van der Waals surface area contributed by atoms with Crippen LogP contribution in [0.2, 0.25) is 10.0 Å². The van der Waals surface area contributed by atoms with Crippen molar-refractivity contribution in [3.8, 4) is 22.9 Å². The predicted octanol–water partition coefficient (Wildman–Crippen LogP) is 4.10. The monoisotopic (exact) mass is 487 g/mol. The quantitative estimate of drug-likeness (QED) is 0.409. The average molecular weight is 488 g/mol. The Morgan fingerprint density at radius 3 is 2.33 bits per heavy atom. The first kappa shape index (κ1) is 22.3. The van der Waals surface area contributed by atoms with Gasteiger partial charge in [-0.1, -0.05) is 23.2 Å². The zero-order valence-electron chi connectivity index (χ0n) is 16.4. The average Bonchev–Trinajstić information content (AvgIpc) is 2.77. The first-order valence-corrected chi connectivity index (χ1v) is 9.98. The fourth-order valence-electron chi connectivity index (χ4n) is 2.94. The van der Waals surface area contributed by atoms with Crippen LogP contribution in [0.1, 0.15) is 15.9 Å². The van der Waals surface area contributed by atoms with Crippen molar-refractivity contribution in [2.75, 3.05) is 0 Å². The molecule has 0 radical (unpaired) electrons. The molecule has 0 saturated heterocycles. The number of carbonyl (C=O) groups is 1. The van der Waals surface area contributed by atoms with Crippen LogP contribution < -0.4 is 16.0 Å². The number of aromatic amines is 1. The number of phenols is 1. The third-order valence-electron chi connectivity index (χ3n) is 4.48. The second kappa shape index (κ2) is 8.89. The summed E-state index contributed by atoms with van der Waals surface area (Å²) in [5, 5.41) is 13.9. The molecule has 0 unspecified atom stereocenters. The van der Waals surface area contributed by atoms with Gasteiger partial charge in [-0.3, -0.25) is 14.6 Å². The normalized spacial score (nSPS) is 10.8. The minimum Gasteiger partial charge on any atom is -0.507 e. The van der Waals surface area contributed by atoms with Gasteiger partial charge in [0.25, 0.3) is 5.56 Å². The van der Waals surface area contributed by atoms with Crippen LogP contribution in [0, 0.1) is 5.82 Å². The molecule has 0 bridgehead atoms. The first-order valence-electron chi connectivity index (χ1n) is 9.22. The van der Waals surface area contributed by atoms with Crippen molar-refractivity contribution in [2.45, 2.75) is 0 Å². The lowest BCUT2D eigenvalue weighted by atomic mass is 10.0. The van der Waals surface area contributed by atoms with E-state index >= 15 is 0 Å². The fourth-order valence-corrected chi connectivity index (χ4v) is 3.49. The Balaban J connectivity index is 1.67. The van der Waals surface area contributed by atoms with Crippen molar-refractivity contribution in [3.05, 3.63) is 109 Å². The number of aromatic hydroxyl groups is 1. The summed E-state index contributed by atoms with van der Waals surface area (Å²) in [6, 6.07) is 11.5. The minimum absolute atomic E-state index is 0.0110. The van der Waals surface area contributed by atoms with Crippen LogP contribution in [-0.4, -0.2) is 25.7 Å². The number of phenolic OH excluding ortho intramolecular Hbond substituents is 1. The standard InChI is InChI=1S/C22H12Cl2FN3O5/c23-16-7-13(28-22(32)27-19(30)10-26-28)8-17(24)21(16)33-14-5-6-18(29)15(9-14)20(31)11-1-3-12(25)4-2-11/h1-10,29H,(H,27,30,32). The molecule has 11 heteroatoms. The lowest BCUT2D eigenvalue weighted by Gasteiger charge is -2.13. The van der Waals surface area contributed by atoms with Crippen LogP contribution in [0.15, 0.2) is 70.4 Å². The zero-order valence-corrected chi connectivity index (χ0v) is 17.9. The number of carbonyl (C=O) groups excluding carboxylic acids is 1. The number of nitrogens with zero attached hydrogens (tertiary/aromatic N) is 2. The van der Waals surface area contributed by atoms with E-state index in [2.05, 4.69) is 10.1 Å². The van der Waals surface area contributed by atoms with E-state index in [-0.39, 0.29) is 44.1 Å². The molecule has 0 amide bonds. The van der Waals surface area contributed by atoms with Gasteiger partial charge in [-0.2, -0.15) is 9.78 Å². The molecule has 2 N–H and O–H groups in total. The highest BCUT2D eigenvalue weighted by molar-refractivity contribution is 6.37. The Bertz CT molecular complexity index is 1480. The number of aromatic nitrogens is 3. The van der Waals surface area contributed by atoms with Crippen LogP contribution >= 0.6 is 23.2 Å². The summed E-state index contributed by atoms with van der Waals surface area (Å²) >= 11 is 12.6. The van der Waals surface area contributed by atoms with Crippen LogP contribution in [-0.2, 0) is 0 Å². The highest BCUT2D eigenvalue weighted by Gasteiger charge is 2.18. The molecular weight excluding hydrogens is 476 g/mol. The SMILES string of the molecule is O=C(c1ccc(F)cc1)c1cc(Oc2c(Cl)cc(-n3ncc(=O)[nH]c3=O)cc2Cl)ccc1O. The largest absolute Gasteiger partial charge is 0.507 e. The summed E-state index contributed by atoms with van der Waals surface area (Å²) in [6.07, 6.45) is 0.920. The number of hydrogen-bond donors (Lipinski definition) is 2. The summed E-state index contributed by atoms with van der Waals surface area (Å²) in [6.45, 7) is 0. The van der Waals surface area contributed by atoms with Crippen molar-refractivity contribution in [1.82, 2.24) is 14.8 Å². The molecule has 33 heavy (non-hydrogen) atoms. The molecule has 0 aliphatic heterocycles. The van der Waals surface area contributed by atoms with E-state index in [4.69, 9.17) is 27.9 Å². The molecule has 166 valence electrons. The van der Waals surface area contributed by atoms with E-state index in [1.165, 1.54) is 42.5 Å². The molecule has 4 rings (SSSR count). The maximum absolute atomic E-state index is 13.1. The molecule has 0 aliphatic rings. The van der Waals surface area contributed by atoms with Crippen LogP contribution in [0.25, 0.3) is 5.69 Å². The smallest absolute Gasteiger partial charge is 0.349 e. The lowest BCUT2D eigenvalue weighted by Crippen LogP contribution is -2.30. The molecule has 0 spiro atoms. The van der Waals surface area contributed by atoms with Crippen molar-refractivity contribution in [2.24, 2.45) is 0 Å². The van der Waals surface area contributed by atoms with Gasteiger partial charge in [0, 0.05) is 5.56 Å². The molecule has 3 aromatic carbocycles. The first-order chi connectivity index (χ1) is 15.7. The Morgan fingerprint density at radius 2 is 1.70 bits per heavy atom. The van der Waals surface area contributed by atoms with Gasteiger partial charge in [-0.15, -0.1) is 0 Å². The summed E-state index contributed by atoms with van der Waals surface area (Å²) in [5.74, 6) is -1.19. The molecule has 0 saturated carbocycles. The van der Waals surface area contributed by atoms with Crippen LogP contribution in [0.3, 0.4) is 0 Å². The van der Waals surface area contributed by atoms with Crippen molar-refractivity contribution in [1.29, 1.82) is 0 Å². The van der Waals surface area contributed by atoms with Gasteiger partial charge in [-0.05, 0) is 54.6 Å². The molecule has 0 aliphatic carbocycles. The second-order valence-electron chi connectivity index (χ2n) is 6.71. The number of ether oxygens (including phenoxy) is 1. The highest BCUT2D eigenvalue weighted by Crippen LogP contribution is 2.39. The Morgan fingerprint density at radius 1 is 1.03 bits per heavy atom. The van der Waals surface area contributed by atoms with Gasteiger partial charge < -0.3 is 9.84 Å². The summed E-state index contributed by atoms with van der Waals surface area (Å²) in [4.78, 5) is 38.0. The van der Waals surface area contributed by atoms with E-state index < -0.39 is 22.8 Å². The molecular formula is C22H12Cl2FN3O5. The Labute approximate surface area is 194 Å². The number of halogens is 3. The second-order valence-corrected chi connectivity index (χ2v) is 7.52. The zero-order chi connectivity index (χ0) is 23.7. The topological polar surface area (TPSA) is 114 Å². The highest BCUT2D eigenvalue weighted by atomic mass is 35.5. The lowest BCUT2D eigenvalue weighted by molar-refractivity contribution is 0.103. The molecule has 0 fully saturated rings. The van der Waals surface area contributed by atoms with Gasteiger partial charge in [0.05, 0.1) is 21.3 Å². The van der Waals surface area contributed by atoms with Gasteiger partial charge in [0.1, 0.15) is 23.5 Å². The van der Waals surface area contributed by atoms with Crippen molar-refractivity contribution >= 4 is 29.0 Å². The molecule has 8 nitrogen and oxygen atoms in total. The summed E-state index contributed by atoms with van der Waals surface area (Å²) in [7, 11) is 0. The summed E-state index contributed by atoms with van der Waals surface area (Å²) < 4.78 is 19.8. The van der Waals surface area contributed by atoms with Crippen LogP contribution in [0.4, 0.5) is 4.39 Å². The third-order valence-corrected chi connectivity index (χ3v) is 5.04. The molecule has 1 heterocycles. The van der Waals surface area contributed by atoms with Gasteiger partial charge in [-0.25, -0.2) is 9.18 Å². The summed E-state index contributed by atoms with van der Waals surface area (Å²) in [5.41, 5.74) is -1.18. The number of rotatable bonds is 5. The van der Waals surface area contributed by atoms with Gasteiger partial charge >= 0.3 is 5.69 Å². The third kappa shape index (κ3) is 4.64. The molecule has 0 atom stereocenters. The number of H-pyrrole nitrogens is 1. The minimum atomic E-state index is -0.786. The number of hydrogen-bond acceptors (Lipinski definition) is 6. The fraction of sp³-hybridized carbons (Fsp3) is 0. The van der Waals surface area contributed by atoms with E-state index in [0.29, 0.717) is 0 Å². The Hall–Kier alpha value is -3.95.